The Bertz CT molecular complexity index is 1360. The molecule has 0 unspecified atom stereocenters. The monoisotopic (exact) mass is 545 g/mol. The van der Waals surface area contributed by atoms with Gasteiger partial charge in [0.15, 0.2) is 11.8 Å². The second-order valence-corrected chi connectivity index (χ2v) is 9.82. The number of nitrogens with zero attached hydrogens (tertiary/aromatic N) is 1. The number of halogens is 3. The Morgan fingerprint density at radius 2 is 1.80 bits per heavy atom. The quantitative estimate of drug-likeness (QED) is 0.325. The maximum absolute atomic E-state index is 13.1. The van der Waals surface area contributed by atoms with Gasteiger partial charge in [0.25, 0.3) is 11.8 Å². The third-order valence-electron chi connectivity index (χ3n) is 4.94. The first kappa shape index (κ1) is 25.1. The topological polar surface area (TPSA) is 82.5 Å². The van der Waals surface area contributed by atoms with Gasteiger partial charge in [0.05, 0.1) is 20.6 Å². The number of thioether (sulfide) groups is 1. The lowest BCUT2D eigenvalue weighted by Crippen LogP contribution is -2.28. The first-order valence-electron chi connectivity index (χ1n) is 10.3. The molecule has 0 aromatic heterocycles. The van der Waals surface area contributed by atoms with Crippen molar-refractivity contribution < 1.29 is 14.3 Å². The molecule has 0 bridgehead atoms. The Hall–Kier alpha value is -2.97. The molecule has 6 nitrogen and oxygen atoms in total. The van der Waals surface area contributed by atoms with E-state index in [1.165, 1.54) is 11.0 Å². The number of carbonyl (C=O) groups is 2. The van der Waals surface area contributed by atoms with E-state index in [1.54, 1.807) is 36.4 Å². The first-order chi connectivity index (χ1) is 16.7. The summed E-state index contributed by atoms with van der Waals surface area (Å²) in [5.41, 5.74) is 2.68. The highest BCUT2D eigenvalue weighted by molar-refractivity contribution is 8.19. The molecular formula is C25H18Cl3N3O3S. The first-order valence-corrected chi connectivity index (χ1v) is 12.2. The van der Waals surface area contributed by atoms with Crippen molar-refractivity contribution in [2.24, 2.45) is 0 Å². The smallest absolute Gasteiger partial charge is 0.271 e. The van der Waals surface area contributed by atoms with E-state index in [0.29, 0.717) is 32.7 Å². The second-order valence-electron chi connectivity index (χ2n) is 7.54. The Labute approximate surface area is 221 Å². The zero-order valence-corrected chi connectivity index (χ0v) is 21.4. The van der Waals surface area contributed by atoms with Crippen LogP contribution in [0, 0.1) is 12.3 Å². The molecule has 0 aliphatic carbocycles. The van der Waals surface area contributed by atoms with Crippen LogP contribution in [0.2, 0.25) is 15.1 Å². The van der Waals surface area contributed by atoms with Crippen LogP contribution in [0.5, 0.6) is 5.75 Å². The fraction of sp³-hybridized carbons (Fsp3) is 0.0800. The molecule has 3 aromatic carbocycles. The average Bonchev–Trinajstić information content (AvgIpc) is 3.09. The predicted octanol–water partition coefficient (Wildman–Crippen LogP) is 7.03. The van der Waals surface area contributed by atoms with E-state index in [0.717, 1.165) is 17.3 Å². The zero-order valence-electron chi connectivity index (χ0n) is 18.3. The molecule has 10 heteroatoms. The van der Waals surface area contributed by atoms with Gasteiger partial charge in [0.2, 0.25) is 0 Å². The predicted molar refractivity (Wildman–Crippen MR) is 144 cm³/mol. The summed E-state index contributed by atoms with van der Waals surface area (Å²) < 4.78 is 5.73. The number of ether oxygens (including phenoxy) is 1. The Morgan fingerprint density at radius 1 is 1.06 bits per heavy atom. The summed E-state index contributed by atoms with van der Waals surface area (Å²) in [5, 5.41) is 12.1. The molecule has 1 aliphatic heterocycles. The number of hydrogen-bond acceptors (Lipinski definition) is 5. The van der Waals surface area contributed by atoms with Crippen LogP contribution in [0.15, 0.2) is 65.6 Å². The molecule has 1 saturated heterocycles. The maximum Gasteiger partial charge on any atom is 0.271 e. The number of carbonyl (C=O) groups excluding carboxylic acids is 2. The molecule has 1 aliphatic rings. The van der Waals surface area contributed by atoms with Gasteiger partial charge in [-0.3, -0.25) is 19.9 Å². The Balaban J connectivity index is 1.52. The van der Waals surface area contributed by atoms with Crippen LogP contribution in [0.25, 0.3) is 6.08 Å². The van der Waals surface area contributed by atoms with E-state index in [-0.39, 0.29) is 27.6 Å². The number of nitrogens with one attached hydrogen (secondary N) is 2. The van der Waals surface area contributed by atoms with Crippen LogP contribution >= 0.6 is 46.6 Å². The molecule has 2 N–H and O–H groups in total. The van der Waals surface area contributed by atoms with Crippen molar-refractivity contribution in [1.29, 1.82) is 5.41 Å². The van der Waals surface area contributed by atoms with Crippen molar-refractivity contribution >= 4 is 81.0 Å². The summed E-state index contributed by atoms with van der Waals surface area (Å²) in [6.45, 7) is 1.72. The van der Waals surface area contributed by atoms with Crippen molar-refractivity contribution in [1.82, 2.24) is 0 Å². The third kappa shape index (κ3) is 6.00. The largest absolute Gasteiger partial charge is 0.483 e. The number of amidine groups is 1. The van der Waals surface area contributed by atoms with Crippen LogP contribution in [0.3, 0.4) is 0 Å². The lowest BCUT2D eigenvalue weighted by Gasteiger charge is -2.15. The molecule has 1 fully saturated rings. The number of benzene rings is 3. The van der Waals surface area contributed by atoms with Gasteiger partial charge in [-0.25, -0.2) is 0 Å². The fourth-order valence-corrected chi connectivity index (χ4v) is 4.55. The van der Waals surface area contributed by atoms with E-state index in [2.05, 4.69) is 5.32 Å². The SMILES string of the molecule is Cc1ccc(NC(=O)COc2ccc(Cl)cc2/C=C2\SC(=N)N(c3ccc(Cl)c(Cl)c3)C2=O)cc1. The van der Waals surface area contributed by atoms with Crippen molar-refractivity contribution in [3.8, 4) is 5.75 Å². The Morgan fingerprint density at radius 3 is 2.51 bits per heavy atom. The molecule has 178 valence electrons. The molecule has 0 saturated carbocycles. The molecule has 35 heavy (non-hydrogen) atoms. The summed E-state index contributed by atoms with van der Waals surface area (Å²) in [4.78, 5) is 27.0. The van der Waals surface area contributed by atoms with E-state index in [4.69, 9.17) is 44.9 Å². The van der Waals surface area contributed by atoms with Crippen LogP contribution < -0.4 is 15.0 Å². The van der Waals surface area contributed by atoms with E-state index in [9.17, 15) is 9.59 Å². The molecule has 0 radical (unpaired) electrons. The van der Waals surface area contributed by atoms with Crippen molar-refractivity contribution in [3.63, 3.8) is 0 Å². The van der Waals surface area contributed by atoms with Crippen molar-refractivity contribution in [2.45, 2.75) is 6.92 Å². The number of rotatable bonds is 6. The molecule has 2 amide bonds. The highest BCUT2D eigenvalue weighted by Gasteiger charge is 2.34. The molecule has 1 heterocycles. The third-order valence-corrected chi connectivity index (χ3v) is 6.80. The minimum atomic E-state index is -0.401. The average molecular weight is 547 g/mol. The summed E-state index contributed by atoms with van der Waals surface area (Å²) in [6, 6.07) is 17.0. The summed E-state index contributed by atoms with van der Waals surface area (Å²) in [7, 11) is 0. The lowest BCUT2D eigenvalue weighted by atomic mass is 10.1. The standard InChI is InChI=1S/C25H18Cl3N3O3S/c1-14-2-5-17(6-3-14)30-23(32)13-34-21-9-4-16(26)10-15(21)11-22-24(33)31(25(29)35-22)18-7-8-19(27)20(28)12-18/h2-12,29H,13H2,1H3,(H,30,32)/b22-11-,29-25?. The van der Waals surface area contributed by atoms with Crippen LogP contribution in [0.1, 0.15) is 11.1 Å². The van der Waals surface area contributed by atoms with Crippen LogP contribution in [-0.2, 0) is 9.59 Å². The van der Waals surface area contributed by atoms with Gasteiger partial charge in [0.1, 0.15) is 5.75 Å². The molecule has 3 aromatic rings. The molecule has 4 rings (SSSR count). The zero-order chi connectivity index (χ0) is 25.1. The van der Waals surface area contributed by atoms with Crippen molar-refractivity contribution in [3.05, 3.63) is 91.8 Å². The van der Waals surface area contributed by atoms with Crippen LogP contribution in [-0.4, -0.2) is 23.6 Å². The van der Waals surface area contributed by atoms with Crippen LogP contribution in [0.4, 0.5) is 11.4 Å². The lowest BCUT2D eigenvalue weighted by molar-refractivity contribution is -0.118. The number of aryl methyl sites for hydroxylation is 1. The van der Waals surface area contributed by atoms with Gasteiger partial charge >= 0.3 is 0 Å². The fourth-order valence-electron chi connectivity index (χ4n) is 3.23. The number of hydrogen-bond donors (Lipinski definition) is 2. The molecule has 0 spiro atoms. The minimum absolute atomic E-state index is 0.0154. The normalized spacial score (nSPS) is 14.5. The van der Waals surface area contributed by atoms with Gasteiger partial charge in [-0.05, 0) is 73.3 Å². The summed E-state index contributed by atoms with van der Waals surface area (Å²) in [6.07, 6.45) is 1.58. The van der Waals surface area contributed by atoms with Gasteiger partial charge in [-0.2, -0.15) is 0 Å². The van der Waals surface area contributed by atoms with Crippen molar-refractivity contribution in [2.75, 3.05) is 16.8 Å². The van der Waals surface area contributed by atoms with Gasteiger partial charge in [-0.15, -0.1) is 0 Å². The van der Waals surface area contributed by atoms with Gasteiger partial charge in [0, 0.05) is 16.3 Å². The minimum Gasteiger partial charge on any atom is -0.483 e. The molecular weight excluding hydrogens is 529 g/mol. The summed E-state index contributed by atoms with van der Waals surface area (Å²) in [5.74, 6) is -0.364. The van der Waals surface area contributed by atoms with E-state index < -0.39 is 5.91 Å². The van der Waals surface area contributed by atoms with E-state index >= 15 is 0 Å². The number of amides is 2. The highest BCUT2D eigenvalue weighted by Crippen LogP contribution is 2.38. The Kier molecular flexibility index (Phi) is 7.72. The maximum atomic E-state index is 13.1. The molecule has 0 atom stereocenters. The summed E-state index contributed by atoms with van der Waals surface area (Å²) >= 11 is 19.2. The van der Waals surface area contributed by atoms with E-state index in [1.807, 2.05) is 31.2 Å². The number of anilines is 2. The van der Waals surface area contributed by atoms with Gasteiger partial charge in [-0.1, -0.05) is 52.5 Å². The second kappa shape index (κ2) is 10.7. The highest BCUT2D eigenvalue weighted by atomic mass is 35.5. The van der Waals surface area contributed by atoms with Gasteiger partial charge < -0.3 is 10.1 Å².